The average Bonchev–Trinajstić information content (AvgIpc) is 2.75. The maximum atomic E-state index is 11.6. The molecule has 1 rings (SSSR count). The molecule has 1 unspecified atom stereocenters. The van der Waals surface area contributed by atoms with E-state index in [-0.39, 0.29) is 24.3 Å². The van der Waals surface area contributed by atoms with Gasteiger partial charge in [-0.25, -0.2) is 0 Å². The van der Waals surface area contributed by atoms with E-state index in [9.17, 15) is 9.59 Å². The van der Waals surface area contributed by atoms with Crippen molar-refractivity contribution in [1.29, 1.82) is 0 Å². The van der Waals surface area contributed by atoms with E-state index in [1.165, 1.54) is 10.9 Å². The lowest BCUT2D eigenvalue weighted by Crippen LogP contribution is -2.23. The number of anilines is 1. The van der Waals surface area contributed by atoms with Crippen LogP contribution in [0, 0.1) is 5.92 Å². The molecular weight excluding hydrogens is 234 g/mol. The molecular formula is C11H19N5O2. The largest absolute Gasteiger partial charge is 0.358 e. The van der Waals surface area contributed by atoms with Gasteiger partial charge in [0.15, 0.2) is 0 Å². The van der Waals surface area contributed by atoms with Crippen molar-refractivity contribution in [3.63, 3.8) is 0 Å². The number of likely N-dealkylation sites (N-methyl/N-ethyl adjacent to an activating group) is 1. The van der Waals surface area contributed by atoms with Crippen molar-refractivity contribution >= 4 is 17.5 Å². The van der Waals surface area contributed by atoms with Crippen LogP contribution in [0.5, 0.6) is 0 Å². The molecule has 1 aromatic rings. The monoisotopic (exact) mass is 253 g/mol. The summed E-state index contributed by atoms with van der Waals surface area (Å²) < 4.78 is 1.46. The van der Waals surface area contributed by atoms with Crippen molar-refractivity contribution in [2.45, 2.75) is 19.9 Å². The standard InChI is InChI=1S/C11H19N5O2/c1-8(4-12)3-10(17)15-9-5-14-16(6-9)7-11(18)13-2/h5-6,8H,3-4,7,12H2,1-2H3,(H,13,18)(H,15,17). The highest BCUT2D eigenvalue weighted by molar-refractivity contribution is 5.90. The van der Waals surface area contributed by atoms with E-state index in [0.29, 0.717) is 18.7 Å². The molecule has 0 saturated heterocycles. The number of carbonyl (C=O) groups is 2. The van der Waals surface area contributed by atoms with Crippen molar-refractivity contribution < 1.29 is 9.59 Å². The van der Waals surface area contributed by atoms with E-state index in [2.05, 4.69) is 15.7 Å². The molecule has 0 aliphatic rings. The van der Waals surface area contributed by atoms with Gasteiger partial charge in [-0.1, -0.05) is 6.92 Å². The lowest BCUT2D eigenvalue weighted by molar-refractivity contribution is -0.121. The summed E-state index contributed by atoms with van der Waals surface area (Å²) >= 11 is 0. The van der Waals surface area contributed by atoms with Gasteiger partial charge in [-0.05, 0) is 12.5 Å². The number of hydrogen-bond donors (Lipinski definition) is 3. The SMILES string of the molecule is CNC(=O)Cn1cc(NC(=O)CC(C)CN)cn1. The van der Waals surface area contributed by atoms with Gasteiger partial charge in [0.1, 0.15) is 6.54 Å². The number of hydrogen-bond acceptors (Lipinski definition) is 4. The van der Waals surface area contributed by atoms with Gasteiger partial charge in [-0.15, -0.1) is 0 Å². The van der Waals surface area contributed by atoms with E-state index in [4.69, 9.17) is 5.73 Å². The predicted octanol–water partition coefficient (Wildman–Crippen LogP) is -0.447. The lowest BCUT2D eigenvalue weighted by atomic mass is 10.1. The first-order chi connectivity index (χ1) is 8.55. The molecule has 0 aromatic carbocycles. The number of carbonyl (C=O) groups excluding carboxylic acids is 2. The zero-order valence-electron chi connectivity index (χ0n) is 10.6. The number of nitrogens with two attached hydrogens (primary N) is 1. The molecule has 0 aliphatic carbocycles. The molecule has 7 heteroatoms. The summed E-state index contributed by atoms with van der Waals surface area (Å²) in [4.78, 5) is 22.7. The first kappa shape index (κ1) is 14.2. The van der Waals surface area contributed by atoms with Crippen LogP contribution in [0.3, 0.4) is 0 Å². The second-order valence-corrected chi connectivity index (χ2v) is 4.19. The van der Waals surface area contributed by atoms with Crippen LogP contribution >= 0.6 is 0 Å². The van der Waals surface area contributed by atoms with Crippen LogP contribution in [0.15, 0.2) is 12.4 Å². The van der Waals surface area contributed by atoms with Crippen LogP contribution in [0.25, 0.3) is 0 Å². The van der Waals surface area contributed by atoms with Crippen molar-refractivity contribution in [3.8, 4) is 0 Å². The van der Waals surface area contributed by atoms with Gasteiger partial charge in [0, 0.05) is 19.7 Å². The Bertz CT molecular complexity index is 415. The van der Waals surface area contributed by atoms with Crippen molar-refractivity contribution in [2.24, 2.45) is 11.7 Å². The van der Waals surface area contributed by atoms with Gasteiger partial charge in [-0.2, -0.15) is 5.10 Å². The van der Waals surface area contributed by atoms with Gasteiger partial charge in [0.2, 0.25) is 11.8 Å². The summed E-state index contributed by atoms with van der Waals surface area (Å²) in [5, 5.41) is 9.18. The van der Waals surface area contributed by atoms with Crippen LogP contribution in [0.2, 0.25) is 0 Å². The smallest absolute Gasteiger partial charge is 0.241 e. The molecule has 100 valence electrons. The van der Waals surface area contributed by atoms with Crippen LogP contribution in [0.1, 0.15) is 13.3 Å². The fraction of sp³-hybridized carbons (Fsp3) is 0.545. The zero-order valence-corrected chi connectivity index (χ0v) is 10.6. The molecule has 2 amide bonds. The summed E-state index contributed by atoms with van der Waals surface area (Å²) in [6.07, 6.45) is 3.49. The topological polar surface area (TPSA) is 102 Å². The number of nitrogens with one attached hydrogen (secondary N) is 2. The number of rotatable bonds is 6. The maximum absolute atomic E-state index is 11.6. The molecule has 0 radical (unpaired) electrons. The van der Waals surface area contributed by atoms with E-state index < -0.39 is 0 Å². The molecule has 1 heterocycles. The number of aromatic nitrogens is 2. The normalized spacial score (nSPS) is 11.9. The number of nitrogens with zero attached hydrogens (tertiary/aromatic N) is 2. The van der Waals surface area contributed by atoms with Crippen LogP contribution in [-0.4, -0.2) is 35.2 Å². The fourth-order valence-corrected chi connectivity index (χ4v) is 1.35. The Hall–Kier alpha value is -1.89. The third-order valence-corrected chi connectivity index (χ3v) is 2.44. The molecule has 0 saturated carbocycles. The molecule has 7 nitrogen and oxygen atoms in total. The lowest BCUT2D eigenvalue weighted by Gasteiger charge is -2.07. The quantitative estimate of drug-likeness (QED) is 0.639. The summed E-state index contributed by atoms with van der Waals surface area (Å²) in [6.45, 7) is 2.52. The van der Waals surface area contributed by atoms with Gasteiger partial charge < -0.3 is 16.4 Å². The molecule has 4 N–H and O–H groups in total. The van der Waals surface area contributed by atoms with Gasteiger partial charge >= 0.3 is 0 Å². The molecule has 1 atom stereocenters. The molecule has 18 heavy (non-hydrogen) atoms. The third kappa shape index (κ3) is 4.54. The Morgan fingerprint density at radius 1 is 1.50 bits per heavy atom. The highest BCUT2D eigenvalue weighted by Crippen LogP contribution is 2.07. The highest BCUT2D eigenvalue weighted by Gasteiger charge is 2.09. The summed E-state index contributed by atoms with van der Waals surface area (Å²) in [7, 11) is 1.56. The Balaban J connectivity index is 2.48. The maximum Gasteiger partial charge on any atom is 0.241 e. The summed E-state index contributed by atoms with van der Waals surface area (Å²) in [5.41, 5.74) is 6.02. The minimum Gasteiger partial charge on any atom is -0.358 e. The van der Waals surface area contributed by atoms with Crippen LogP contribution in [-0.2, 0) is 16.1 Å². The number of amides is 2. The molecule has 1 aromatic heterocycles. The molecule has 0 aliphatic heterocycles. The average molecular weight is 253 g/mol. The first-order valence-electron chi connectivity index (χ1n) is 5.78. The Kier molecular flexibility index (Phi) is 5.31. The summed E-state index contributed by atoms with van der Waals surface area (Å²) in [5.74, 6) is -0.105. The van der Waals surface area contributed by atoms with Crippen molar-refractivity contribution in [1.82, 2.24) is 15.1 Å². The van der Waals surface area contributed by atoms with E-state index in [1.807, 2.05) is 6.92 Å². The first-order valence-corrected chi connectivity index (χ1v) is 5.78. The van der Waals surface area contributed by atoms with Gasteiger partial charge in [0.25, 0.3) is 0 Å². The minimum absolute atomic E-state index is 0.104. The molecule has 0 bridgehead atoms. The third-order valence-electron chi connectivity index (χ3n) is 2.44. The fourth-order valence-electron chi connectivity index (χ4n) is 1.35. The van der Waals surface area contributed by atoms with Crippen LogP contribution < -0.4 is 16.4 Å². The second-order valence-electron chi connectivity index (χ2n) is 4.19. The molecule has 0 fully saturated rings. The van der Waals surface area contributed by atoms with Crippen molar-refractivity contribution in [3.05, 3.63) is 12.4 Å². The van der Waals surface area contributed by atoms with Crippen molar-refractivity contribution in [2.75, 3.05) is 18.9 Å². The minimum atomic E-state index is -0.146. The van der Waals surface area contributed by atoms with E-state index in [0.717, 1.165) is 0 Å². The van der Waals surface area contributed by atoms with Gasteiger partial charge in [-0.3, -0.25) is 14.3 Å². The van der Waals surface area contributed by atoms with Gasteiger partial charge in [0.05, 0.1) is 11.9 Å². The summed E-state index contributed by atoms with van der Waals surface area (Å²) in [6, 6.07) is 0. The Morgan fingerprint density at radius 3 is 2.83 bits per heavy atom. The predicted molar refractivity (Wildman–Crippen MR) is 67.8 cm³/mol. The zero-order chi connectivity index (χ0) is 13.5. The van der Waals surface area contributed by atoms with Crippen LogP contribution in [0.4, 0.5) is 5.69 Å². The molecule has 0 spiro atoms. The Morgan fingerprint density at radius 2 is 2.22 bits per heavy atom. The Labute approximate surface area is 106 Å². The van der Waals surface area contributed by atoms with E-state index >= 15 is 0 Å². The van der Waals surface area contributed by atoms with E-state index in [1.54, 1.807) is 13.2 Å². The highest BCUT2D eigenvalue weighted by atomic mass is 16.2. The second kappa shape index (κ2) is 6.75.